The van der Waals surface area contributed by atoms with Crippen LogP contribution in [0, 0.1) is 0 Å². The molecule has 6 heteroatoms. The summed E-state index contributed by atoms with van der Waals surface area (Å²) >= 11 is 0. The van der Waals surface area contributed by atoms with Crippen molar-refractivity contribution in [2.45, 2.75) is 26.7 Å². The average Bonchev–Trinajstić information content (AvgIpc) is 2.69. The number of phenolic OH excluding ortho intramolecular Hbond substituents is 2. The summed E-state index contributed by atoms with van der Waals surface area (Å²) in [5, 5.41) is 20.2. The Bertz CT molecular complexity index is 736. The molecule has 0 atom stereocenters. The topological polar surface area (TPSA) is 83.6 Å². The molecular weight excluding hydrogens is 356 g/mol. The number of aromatic hydroxyl groups is 2. The lowest BCUT2D eigenvalue weighted by atomic mass is 10.2. The van der Waals surface area contributed by atoms with Gasteiger partial charge in [-0.15, -0.1) is 0 Å². The minimum Gasteiger partial charge on any atom is -0.504 e. The Kier molecular flexibility index (Phi) is 8.85. The van der Waals surface area contributed by atoms with Crippen molar-refractivity contribution in [3.63, 3.8) is 0 Å². The second kappa shape index (κ2) is 11.6. The van der Waals surface area contributed by atoms with Crippen LogP contribution >= 0.6 is 0 Å². The summed E-state index contributed by atoms with van der Waals surface area (Å²) in [4.78, 5) is 8.71. The SMILES string of the molecule is CCOc1cccc(C=NCCCCN=Cc2cccc(OCC)c2O)c1O. The summed E-state index contributed by atoms with van der Waals surface area (Å²) in [7, 11) is 0. The van der Waals surface area contributed by atoms with Gasteiger partial charge in [0.05, 0.1) is 13.2 Å². The van der Waals surface area contributed by atoms with Crippen LogP contribution in [-0.2, 0) is 0 Å². The van der Waals surface area contributed by atoms with Crippen molar-refractivity contribution in [1.29, 1.82) is 0 Å². The van der Waals surface area contributed by atoms with E-state index in [9.17, 15) is 10.2 Å². The third-order valence-corrected chi connectivity index (χ3v) is 3.95. The zero-order valence-corrected chi connectivity index (χ0v) is 16.5. The van der Waals surface area contributed by atoms with Gasteiger partial charge in [-0.3, -0.25) is 9.98 Å². The molecule has 0 saturated carbocycles. The highest BCUT2D eigenvalue weighted by molar-refractivity contribution is 5.85. The van der Waals surface area contributed by atoms with E-state index in [1.807, 2.05) is 26.0 Å². The molecule has 2 aromatic carbocycles. The molecule has 0 aromatic heterocycles. The van der Waals surface area contributed by atoms with Gasteiger partial charge in [0.25, 0.3) is 0 Å². The minimum atomic E-state index is 0.117. The van der Waals surface area contributed by atoms with E-state index < -0.39 is 0 Å². The van der Waals surface area contributed by atoms with Crippen molar-refractivity contribution in [1.82, 2.24) is 0 Å². The summed E-state index contributed by atoms with van der Waals surface area (Å²) in [5.74, 6) is 1.17. The summed E-state index contributed by atoms with van der Waals surface area (Å²) in [6.07, 6.45) is 5.09. The number of rotatable bonds is 11. The van der Waals surface area contributed by atoms with E-state index in [1.54, 1.807) is 36.7 Å². The highest BCUT2D eigenvalue weighted by Crippen LogP contribution is 2.29. The molecule has 0 unspecified atom stereocenters. The molecule has 2 aromatic rings. The standard InChI is InChI=1S/C22H28N2O4/c1-3-27-19-11-7-9-17(21(19)25)15-23-13-5-6-14-24-16-18-10-8-12-20(22(18)26)28-4-2/h7-12,15-16,25-26H,3-6,13-14H2,1-2H3. The molecule has 0 amide bonds. The largest absolute Gasteiger partial charge is 0.504 e. The van der Waals surface area contributed by atoms with E-state index in [0.717, 1.165) is 12.8 Å². The van der Waals surface area contributed by atoms with Gasteiger partial charge in [-0.25, -0.2) is 0 Å². The molecule has 0 saturated heterocycles. The third kappa shape index (κ3) is 6.30. The van der Waals surface area contributed by atoms with Gasteiger partial charge in [0, 0.05) is 36.6 Å². The molecule has 0 fully saturated rings. The maximum absolute atomic E-state index is 10.1. The van der Waals surface area contributed by atoms with E-state index in [1.165, 1.54) is 0 Å². The van der Waals surface area contributed by atoms with Crippen LogP contribution in [0.1, 0.15) is 37.8 Å². The Balaban J connectivity index is 1.75. The van der Waals surface area contributed by atoms with Gasteiger partial charge in [-0.2, -0.15) is 0 Å². The van der Waals surface area contributed by atoms with E-state index >= 15 is 0 Å². The van der Waals surface area contributed by atoms with Crippen LogP contribution in [0.25, 0.3) is 0 Å². The minimum absolute atomic E-state index is 0.117. The normalized spacial score (nSPS) is 11.4. The highest BCUT2D eigenvalue weighted by Gasteiger charge is 2.06. The molecule has 6 nitrogen and oxygen atoms in total. The number of phenols is 2. The van der Waals surface area contributed by atoms with Crippen LogP contribution in [0.15, 0.2) is 46.4 Å². The predicted molar refractivity (Wildman–Crippen MR) is 113 cm³/mol. The van der Waals surface area contributed by atoms with Crippen LogP contribution in [0.2, 0.25) is 0 Å². The molecule has 0 bridgehead atoms. The molecule has 28 heavy (non-hydrogen) atoms. The summed E-state index contributed by atoms with van der Waals surface area (Å²) in [6.45, 7) is 6.06. The van der Waals surface area contributed by atoms with Crippen LogP contribution < -0.4 is 9.47 Å². The molecule has 2 N–H and O–H groups in total. The number of nitrogens with zero attached hydrogens (tertiary/aromatic N) is 2. The number of ether oxygens (including phenoxy) is 2. The van der Waals surface area contributed by atoms with Crippen molar-refractivity contribution in [2.75, 3.05) is 26.3 Å². The zero-order valence-electron chi connectivity index (χ0n) is 16.5. The highest BCUT2D eigenvalue weighted by atomic mass is 16.5. The van der Waals surface area contributed by atoms with Gasteiger partial charge < -0.3 is 19.7 Å². The van der Waals surface area contributed by atoms with E-state index in [0.29, 0.717) is 48.9 Å². The smallest absolute Gasteiger partial charge is 0.166 e. The average molecular weight is 384 g/mol. The lowest BCUT2D eigenvalue weighted by molar-refractivity contribution is 0.318. The van der Waals surface area contributed by atoms with E-state index in [2.05, 4.69) is 9.98 Å². The lowest BCUT2D eigenvalue weighted by Crippen LogP contribution is -1.95. The molecule has 0 heterocycles. The van der Waals surface area contributed by atoms with Gasteiger partial charge in [0.1, 0.15) is 0 Å². The van der Waals surface area contributed by atoms with Gasteiger partial charge in [0.15, 0.2) is 23.0 Å². The van der Waals surface area contributed by atoms with Crippen molar-refractivity contribution in [2.24, 2.45) is 9.98 Å². The van der Waals surface area contributed by atoms with Gasteiger partial charge in [-0.1, -0.05) is 12.1 Å². The summed E-state index contributed by atoms with van der Waals surface area (Å²) in [6, 6.07) is 10.7. The van der Waals surface area contributed by atoms with Gasteiger partial charge in [0.2, 0.25) is 0 Å². The lowest BCUT2D eigenvalue weighted by Gasteiger charge is -2.07. The second-order valence-electron chi connectivity index (χ2n) is 6.03. The van der Waals surface area contributed by atoms with Crippen molar-refractivity contribution in [3.8, 4) is 23.0 Å². The molecular formula is C22H28N2O4. The summed E-state index contributed by atoms with van der Waals surface area (Å²) in [5.41, 5.74) is 1.29. The molecule has 150 valence electrons. The molecule has 0 radical (unpaired) electrons. The number of hydrogen-bond donors (Lipinski definition) is 2. The molecule has 0 aliphatic rings. The van der Waals surface area contributed by atoms with Gasteiger partial charge >= 0.3 is 0 Å². The maximum Gasteiger partial charge on any atom is 0.166 e. The Hall–Kier alpha value is -3.02. The van der Waals surface area contributed by atoms with Crippen LogP contribution in [-0.4, -0.2) is 48.9 Å². The van der Waals surface area contributed by atoms with Crippen molar-refractivity contribution < 1.29 is 19.7 Å². The quantitative estimate of drug-likeness (QED) is 0.449. The van der Waals surface area contributed by atoms with Crippen LogP contribution in [0.5, 0.6) is 23.0 Å². The fraction of sp³-hybridized carbons (Fsp3) is 0.364. The summed E-state index contributed by atoms with van der Waals surface area (Å²) < 4.78 is 10.7. The number of aliphatic imine (C=N–C) groups is 2. The molecule has 0 aliphatic carbocycles. The fourth-order valence-electron chi connectivity index (χ4n) is 2.56. The Morgan fingerprint density at radius 3 is 1.57 bits per heavy atom. The van der Waals surface area contributed by atoms with Crippen molar-refractivity contribution in [3.05, 3.63) is 47.5 Å². The number of benzene rings is 2. The molecule has 0 aliphatic heterocycles. The van der Waals surface area contributed by atoms with Gasteiger partial charge in [-0.05, 0) is 51.0 Å². The van der Waals surface area contributed by atoms with E-state index in [4.69, 9.17) is 9.47 Å². The first-order valence-electron chi connectivity index (χ1n) is 9.56. The number of hydrogen-bond acceptors (Lipinski definition) is 6. The molecule has 0 spiro atoms. The third-order valence-electron chi connectivity index (χ3n) is 3.95. The van der Waals surface area contributed by atoms with Crippen LogP contribution in [0.3, 0.4) is 0 Å². The fourth-order valence-corrected chi connectivity index (χ4v) is 2.56. The predicted octanol–water partition coefficient (Wildman–Crippen LogP) is 4.21. The monoisotopic (exact) mass is 384 g/mol. The second-order valence-corrected chi connectivity index (χ2v) is 6.03. The first-order chi connectivity index (χ1) is 13.7. The molecule has 2 rings (SSSR count). The Morgan fingerprint density at radius 1 is 0.750 bits per heavy atom. The first kappa shape index (κ1) is 21.3. The van der Waals surface area contributed by atoms with Crippen molar-refractivity contribution >= 4 is 12.4 Å². The first-order valence-corrected chi connectivity index (χ1v) is 9.56. The Labute approximate surface area is 166 Å². The maximum atomic E-state index is 10.1. The van der Waals surface area contributed by atoms with Crippen LogP contribution in [0.4, 0.5) is 0 Å². The number of para-hydroxylation sites is 2. The zero-order chi connectivity index (χ0) is 20.2. The van der Waals surface area contributed by atoms with E-state index in [-0.39, 0.29) is 11.5 Å². The Morgan fingerprint density at radius 2 is 1.18 bits per heavy atom. The number of unbranched alkanes of at least 4 members (excludes halogenated alkanes) is 1.